The minimum absolute atomic E-state index is 0.0882. The van der Waals surface area contributed by atoms with Gasteiger partial charge in [0.15, 0.2) is 15.7 Å². The van der Waals surface area contributed by atoms with E-state index in [4.69, 9.17) is 18.4 Å². The van der Waals surface area contributed by atoms with Crippen LogP contribution in [0.2, 0.25) is 16.6 Å². The third-order valence-corrected chi connectivity index (χ3v) is 16.6. The van der Waals surface area contributed by atoms with E-state index in [0.717, 1.165) is 16.9 Å². The fraction of sp³-hybridized carbons (Fsp3) is 0.459. The van der Waals surface area contributed by atoms with Gasteiger partial charge in [-0.1, -0.05) is 58.8 Å². The van der Waals surface area contributed by atoms with Crippen LogP contribution >= 0.6 is 0 Å². The lowest BCUT2D eigenvalue weighted by Crippen LogP contribution is -2.50. The van der Waals surface area contributed by atoms with Crippen LogP contribution in [0.5, 0.6) is 17.2 Å². The summed E-state index contributed by atoms with van der Waals surface area (Å²) < 4.78 is 49.2. The van der Waals surface area contributed by atoms with Crippen molar-refractivity contribution in [2.24, 2.45) is 0 Å². The summed E-state index contributed by atoms with van der Waals surface area (Å²) in [6.07, 6.45) is -0.0273. The van der Waals surface area contributed by atoms with Crippen LogP contribution in [0.3, 0.4) is 0 Å². The number of nitrogens with one attached hydrogen (secondary N) is 1. The van der Waals surface area contributed by atoms with Crippen LogP contribution < -0.4 is 19.2 Å². The number of benzene rings is 3. The molecule has 12 heteroatoms. The smallest absolute Gasteiger partial charge is 0.258 e. The van der Waals surface area contributed by atoms with Crippen molar-refractivity contribution in [2.45, 2.75) is 88.3 Å². The summed E-state index contributed by atoms with van der Waals surface area (Å²) in [7, 11) is -4.16. The topological polar surface area (TPSA) is 133 Å². The molecule has 10 nitrogen and oxygen atoms in total. The van der Waals surface area contributed by atoms with E-state index < -0.39 is 24.3 Å². The molecule has 266 valence electrons. The average molecular weight is 710 g/mol. The van der Waals surface area contributed by atoms with Gasteiger partial charge in [-0.2, -0.15) is 4.98 Å². The summed E-state index contributed by atoms with van der Waals surface area (Å²) in [5.41, 5.74) is 4.11. The molecular formula is C37H51N3O7SSi. The lowest BCUT2D eigenvalue weighted by molar-refractivity contribution is 0.106. The molecule has 0 fully saturated rings. The Kier molecular flexibility index (Phi) is 13.1. The van der Waals surface area contributed by atoms with E-state index in [1.54, 1.807) is 55.6 Å². The van der Waals surface area contributed by atoms with Crippen LogP contribution in [0.15, 0.2) is 76.1 Å². The molecule has 4 aromatic rings. The second-order valence-corrected chi connectivity index (χ2v) is 20.8. The number of aromatic nitrogens is 2. The van der Waals surface area contributed by atoms with Crippen LogP contribution in [0.4, 0.5) is 0 Å². The summed E-state index contributed by atoms with van der Waals surface area (Å²) in [6.45, 7) is 16.8. The molecule has 3 aromatic carbocycles. The van der Waals surface area contributed by atoms with Crippen molar-refractivity contribution in [3.8, 4) is 28.7 Å². The highest BCUT2D eigenvalue weighted by molar-refractivity contribution is 7.90. The van der Waals surface area contributed by atoms with E-state index in [-0.39, 0.29) is 29.0 Å². The van der Waals surface area contributed by atoms with E-state index >= 15 is 0 Å². The van der Waals surface area contributed by atoms with Gasteiger partial charge in [0.05, 0.1) is 12.0 Å². The van der Waals surface area contributed by atoms with Crippen LogP contribution in [0.25, 0.3) is 11.5 Å². The monoisotopic (exact) mass is 709 g/mol. The number of hydrogen-bond acceptors (Lipinski definition) is 10. The molecule has 1 aromatic heterocycles. The molecule has 0 saturated heterocycles. The summed E-state index contributed by atoms with van der Waals surface area (Å²) >= 11 is 0. The Bertz CT molecular complexity index is 1720. The molecule has 0 spiro atoms. The Morgan fingerprint density at radius 2 is 1.53 bits per heavy atom. The standard InChI is InChI=1S/C37H51N3O7SSi/c1-25(2)49(26(3)4,27(5)6)47-35-18-15-33(21-28(35)7)45-23-31(41)22-38-20-19-29-9-16-34(17-10-29)48(42,43)24-36-39-37(46-40-36)30-11-13-32(44-8)14-12-30/h9-18,21,25-27,31,38,41H,19-20,22-24H2,1-8H3/t31-/m0/s1. The number of nitrogens with zero attached hydrogens (tertiary/aromatic N) is 2. The summed E-state index contributed by atoms with van der Waals surface area (Å²) in [5, 5.41) is 17.6. The Morgan fingerprint density at radius 3 is 2.12 bits per heavy atom. The molecule has 4 rings (SSSR count). The fourth-order valence-electron chi connectivity index (χ4n) is 6.40. The fourth-order valence-corrected chi connectivity index (χ4v) is 12.9. The predicted molar refractivity (Wildman–Crippen MR) is 195 cm³/mol. The second kappa shape index (κ2) is 16.8. The molecule has 1 heterocycles. The van der Waals surface area contributed by atoms with Gasteiger partial charge in [0.1, 0.15) is 35.7 Å². The molecule has 0 bridgehead atoms. The van der Waals surface area contributed by atoms with Gasteiger partial charge in [0, 0.05) is 12.1 Å². The van der Waals surface area contributed by atoms with Crippen LogP contribution in [-0.2, 0) is 22.0 Å². The highest BCUT2D eigenvalue weighted by Crippen LogP contribution is 2.43. The van der Waals surface area contributed by atoms with E-state index in [1.165, 1.54) is 0 Å². The van der Waals surface area contributed by atoms with Gasteiger partial charge in [-0.15, -0.1) is 0 Å². The summed E-state index contributed by atoms with van der Waals surface area (Å²) in [5.74, 6) is 2.25. The van der Waals surface area contributed by atoms with Crippen molar-refractivity contribution in [2.75, 3.05) is 26.8 Å². The number of aliphatic hydroxyl groups is 1. The van der Waals surface area contributed by atoms with Gasteiger partial charge < -0.3 is 28.8 Å². The van der Waals surface area contributed by atoms with Crippen molar-refractivity contribution in [3.05, 3.63) is 83.7 Å². The van der Waals surface area contributed by atoms with E-state index in [1.807, 2.05) is 25.1 Å². The zero-order chi connectivity index (χ0) is 35.8. The number of aryl methyl sites for hydroxylation is 1. The van der Waals surface area contributed by atoms with Crippen molar-refractivity contribution in [1.29, 1.82) is 0 Å². The number of sulfone groups is 1. The van der Waals surface area contributed by atoms with Gasteiger partial charge >= 0.3 is 0 Å². The second-order valence-electron chi connectivity index (χ2n) is 13.4. The van der Waals surface area contributed by atoms with Gasteiger partial charge in [-0.3, -0.25) is 0 Å². The van der Waals surface area contributed by atoms with Crippen LogP contribution in [-0.4, -0.2) is 64.9 Å². The zero-order valence-corrected chi connectivity index (χ0v) is 31.7. The van der Waals surface area contributed by atoms with E-state index in [0.29, 0.717) is 53.2 Å². The first-order chi connectivity index (χ1) is 23.2. The van der Waals surface area contributed by atoms with E-state index in [9.17, 15) is 13.5 Å². The number of ether oxygens (including phenoxy) is 2. The molecule has 0 radical (unpaired) electrons. The van der Waals surface area contributed by atoms with Gasteiger partial charge in [-0.25, -0.2) is 8.42 Å². The first-order valence-corrected chi connectivity index (χ1v) is 20.6. The molecule has 49 heavy (non-hydrogen) atoms. The molecule has 0 saturated carbocycles. The Labute approximate surface area is 292 Å². The number of rotatable bonds is 18. The Morgan fingerprint density at radius 1 is 0.898 bits per heavy atom. The first-order valence-electron chi connectivity index (χ1n) is 16.8. The maximum absolute atomic E-state index is 13.0. The normalized spacial score (nSPS) is 12.9. The molecule has 0 amide bonds. The number of methoxy groups -OCH3 is 1. The zero-order valence-electron chi connectivity index (χ0n) is 29.9. The van der Waals surface area contributed by atoms with Crippen LogP contribution in [0, 0.1) is 6.92 Å². The maximum atomic E-state index is 13.0. The number of aliphatic hydroxyl groups excluding tert-OH is 1. The highest BCUT2D eigenvalue weighted by Gasteiger charge is 2.47. The van der Waals surface area contributed by atoms with Crippen molar-refractivity contribution in [3.63, 3.8) is 0 Å². The molecule has 0 aliphatic rings. The molecule has 0 aliphatic heterocycles. The minimum Gasteiger partial charge on any atom is -0.543 e. The third-order valence-electron chi connectivity index (χ3n) is 8.96. The van der Waals surface area contributed by atoms with Gasteiger partial charge in [-0.05, 0) is 102 Å². The van der Waals surface area contributed by atoms with Crippen molar-refractivity contribution >= 4 is 18.2 Å². The van der Waals surface area contributed by atoms with Crippen molar-refractivity contribution in [1.82, 2.24) is 15.5 Å². The predicted octanol–water partition coefficient (Wildman–Crippen LogP) is 7.15. The molecular weight excluding hydrogens is 659 g/mol. The lowest BCUT2D eigenvalue weighted by Gasteiger charge is -2.42. The maximum Gasteiger partial charge on any atom is 0.258 e. The SMILES string of the molecule is COc1ccc(-c2nc(CS(=O)(=O)c3ccc(CCNC[C@H](O)COc4ccc(O[Si](C(C)C)(C(C)C)C(C)C)c(C)c4)cc3)no2)cc1. The highest BCUT2D eigenvalue weighted by atomic mass is 32.2. The quantitative estimate of drug-likeness (QED) is 0.0811. The van der Waals surface area contributed by atoms with E-state index in [2.05, 4.69) is 57.0 Å². The Hall–Kier alpha value is -3.71. The molecule has 0 unspecified atom stereocenters. The molecule has 2 N–H and O–H groups in total. The third kappa shape index (κ3) is 9.71. The largest absolute Gasteiger partial charge is 0.543 e. The summed E-state index contributed by atoms with van der Waals surface area (Å²) in [4.78, 5) is 4.44. The summed E-state index contributed by atoms with van der Waals surface area (Å²) in [6, 6.07) is 19.7. The average Bonchev–Trinajstić information content (AvgIpc) is 3.52. The first kappa shape index (κ1) is 38.1. The van der Waals surface area contributed by atoms with Gasteiger partial charge in [0.2, 0.25) is 0 Å². The lowest BCUT2D eigenvalue weighted by atomic mass is 10.1. The number of hydrogen-bond donors (Lipinski definition) is 2. The molecule has 0 aliphatic carbocycles. The van der Waals surface area contributed by atoms with Crippen molar-refractivity contribution < 1.29 is 31.9 Å². The Balaban J connectivity index is 1.21. The van der Waals surface area contributed by atoms with Gasteiger partial charge in [0.25, 0.3) is 14.2 Å². The van der Waals surface area contributed by atoms with Crippen LogP contribution in [0.1, 0.15) is 58.5 Å². The minimum atomic E-state index is -3.67. The molecule has 1 atom stereocenters.